The molecule has 0 saturated carbocycles. The van der Waals surface area contributed by atoms with E-state index < -0.39 is 9.05 Å². The minimum atomic E-state index is -3.65. The van der Waals surface area contributed by atoms with Gasteiger partial charge in [-0.25, -0.2) is 0 Å². The molecule has 1 fully saturated rings. The van der Waals surface area contributed by atoms with Crippen LogP contribution in [0.1, 0.15) is 26.2 Å². The first-order chi connectivity index (χ1) is 6.53. The molecule has 0 amide bonds. The molecule has 0 bridgehead atoms. The fraction of sp³-hybridized carbons (Fsp3) is 0.778. The number of hydrogen-bond donors (Lipinski definition) is 0. The average molecular weight is 236 g/mol. The maximum absolute atomic E-state index is 10.5. The second-order valence-corrected chi connectivity index (χ2v) is 5.64. The maximum Gasteiger partial charge on any atom is 0.300 e. The topological polar surface area (TPSA) is 37.4 Å². The lowest BCUT2D eigenvalue weighted by Gasteiger charge is -2.20. The van der Waals surface area contributed by atoms with Crippen molar-refractivity contribution in [2.45, 2.75) is 32.2 Å². The van der Waals surface area contributed by atoms with Gasteiger partial charge >= 0.3 is 9.05 Å². The maximum atomic E-state index is 10.5. The summed E-state index contributed by atoms with van der Waals surface area (Å²) in [6, 6.07) is 0.408. The molecule has 14 heavy (non-hydrogen) atoms. The fourth-order valence-electron chi connectivity index (χ4n) is 1.79. The molecule has 1 heterocycles. The van der Waals surface area contributed by atoms with Crippen molar-refractivity contribution in [3.8, 4) is 11.2 Å². The Labute approximate surface area is 89.8 Å². The van der Waals surface area contributed by atoms with Gasteiger partial charge in [-0.2, -0.15) is 8.42 Å². The highest BCUT2D eigenvalue weighted by Crippen LogP contribution is 2.18. The number of nitrogens with zero attached hydrogens (tertiary/aromatic N) is 1. The van der Waals surface area contributed by atoms with Crippen LogP contribution in [0.2, 0.25) is 0 Å². The molecular formula is C9H14ClNO2S. The molecule has 0 aromatic carbocycles. The number of rotatable bonds is 2. The van der Waals surface area contributed by atoms with E-state index in [1.165, 1.54) is 6.42 Å². The smallest absolute Gasteiger partial charge is 0.300 e. The van der Waals surface area contributed by atoms with E-state index >= 15 is 0 Å². The fourth-order valence-corrected chi connectivity index (χ4v) is 2.21. The van der Waals surface area contributed by atoms with Crippen molar-refractivity contribution < 1.29 is 8.42 Å². The van der Waals surface area contributed by atoms with E-state index in [9.17, 15) is 8.42 Å². The molecule has 0 aromatic heterocycles. The zero-order chi connectivity index (χ0) is 10.6. The van der Waals surface area contributed by atoms with Gasteiger partial charge in [-0.3, -0.25) is 4.90 Å². The van der Waals surface area contributed by atoms with Crippen molar-refractivity contribution in [2.24, 2.45) is 0 Å². The zero-order valence-corrected chi connectivity index (χ0v) is 9.74. The number of halogens is 1. The summed E-state index contributed by atoms with van der Waals surface area (Å²) in [5.41, 5.74) is 0. The monoisotopic (exact) mass is 235 g/mol. The highest BCUT2D eigenvalue weighted by Gasteiger charge is 2.21. The van der Waals surface area contributed by atoms with E-state index in [2.05, 4.69) is 23.0 Å². The Bertz CT molecular complexity index is 342. The lowest BCUT2D eigenvalue weighted by Crippen LogP contribution is -2.28. The van der Waals surface area contributed by atoms with Crippen molar-refractivity contribution in [2.75, 3.05) is 13.1 Å². The van der Waals surface area contributed by atoms with Crippen molar-refractivity contribution >= 4 is 19.7 Å². The van der Waals surface area contributed by atoms with Gasteiger partial charge in [-0.05, 0) is 25.9 Å². The van der Waals surface area contributed by atoms with Crippen LogP contribution in [-0.4, -0.2) is 32.4 Å². The third-order valence-corrected chi connectivity index (χ3v) is 3.06. The molecule has 1 aliphatic heterocycles. The minimum absolute atomic E-state index is 0.408. The molecule has 1 atom stereocenters. The predicted octanol–water partition coefficient (Wildman–Crippen LogP) is 1.39. The zero-order valence-electron chi connectivity index (χ0n) is 8.16. The van der Waals surface area contributed by atoms with Crippen molar-refractivity contribution in [3.05, 3.63) is 0 Å². The summed E-state index contributed by atoms with van der Waals surface area (Å²) in [5.74, 6) is 2.62. The Morgan fingerprint density at radius 3 is 2.86 bits per heavy atom. The van der Waals surface area contributed by atoms with Crippen LogP contribution in [0.25, 0.3) is 0 Å². The first-order valence-electron chi connectivity index (χ1n) is 4.71. The lowest BCUT2D eigenvalue weighted by molar-refractivity contribution is 0.271. The Kier molecular flexibility index (Phi) is 4.24. The van der Waals surface area contributed by atoms with E-state index in [4.69, 9.17) is 10.7 Å². The average Bonchev–Trinajstić information content (AvgIpc) is 2.49. The van der Waals surface area contributed by atoms with Crippen LogP contribution < -0.4 is 0 Å². The van der Waals surface area contributed by atoms with Crippen LogP contribution in [0.5, 0.6) is 0 Å². The summed E-state index contributed by atoms with van der Waals surface area (Å²) in [5, 5.41) is 2.05. The summed E-state index contributed by atoms with van der Waals surface area (Å²) in [6.07, 6.45) is 2.87. The minimum Gasteiger partial charge on any atom is -0.300 e. The summed E-state index contributed by atoms with van der Waals surface area (Å²) < 4.78 is 21.1. The van der Waals surface area contributed by atoms with Crippen LogP contribution in [0.4, 0.5) is 0 Å². The molecule has 5 heteroatoms. The quantitative estimate of drug-likeness (QED) is 0.536. The highest BCUT2D eigenvalue weighted by atomic mass is 35.7. The number of hydrogen-bond acceptors (Lipinski definition) is 3. The van der Waals surface area contributed by atoms with Crippen molar-refractivity contribution in [3.63, 3.8) is 0 Å². The molecule has 0 aromatic rings. The van der Waals surface area contributed by atoms with Gasteiger partial charge in [0.1, 0.15) is 0 Å². The van der Waals surface area contributed by atoms with Crippen LogP contribution in [0.15, 0.2) is 0 Å². The van der Waals surface area contributed by atoms with Crippen LogP contribution in [0.3, 0.4) is 0 Å². The van der Waals surface area contributed by atoms with Gasteiger partial charge in [0.25, 0.3) is 0 Å². The van der Waals surface area contributed by atoms with E-state index in [1.54, 1.807) is 0 Å². The van der Waals surface area contributed by atoms with E-state index in [0.717, 1.165) is 19.5 Å². The van der Waals surface area contributed by atoms with Gasteiger partial charge in [0.2, 0.25) is 0 Å². The van der Waals surface area contributed by atoms with Gasteiger partial charge in [0.15, 0.2) is 0 Å². The van der Waals surface area contributed by atoms with Gasteiger partial charge in [0.05, 0.1) is 0 Å². The first-order valence-corrected chi connectivity index (χ1v) is 7.02. The molecule has 0 N–H and O–H groups in total. The Morgan fingerprint density at radius 1 is 1.57 bits per heavy atom. The normalized spacial score (nSPS) is 23.1. The van der Waals surface area contributed by atoms with Gasteiger partial charge in [-0.15, -0.1) is 0 Å². The van der Waals surface area contributed by atoms with Crippen LogP contribution >= 0.6 is 10.7 Å². The lowest BCUT2D eigenvalue weighted by atomic mass is 10.1. The Morgan fingerprint density at radius 2 is 2.29 bits per heavy atom. The van der Waals surface area contributed by atoms with Gasteiger partial charge < -0.3 is 0 Å². The highest BCUT2D eigenvalue weighted by molar-refractivity contribution is 8.17. The molecule has 0 spiro atoms. The molecule has 0 aliphatic carbocycles. The van der Waals surface area contributed by atoms with Crippen molar-refractivity contribution in [1.29, 1.82) is 0 Å². The molecule has 1 rings (SSSR count). The van der Waals surface area contributed by atoms with Crippen LogP contribution in [-0.2, 0) is 9.05 Å². The van der Waals surface area contributed by atoms with Crippen molar-refractivity contribution in [1.82, 2.24) is 4.90 Å². The molecule has 1 saturated heterocycles. The molecule has 80 valence electrons. The third-order valence-electron chi connectivity index (χ3n) is 2.44. The van der Waals surface area contributed by atoms with E-state index in [0.29, 0.717) is 12.5 Å². The van der Waals surface area contributed by atoms with Crippen LogP contribution in [0, 0.1) is 11.2 Å². The Hall–Kier alpha value is -0.240. The second kappa shape index (κ2) is 5.01. The molecule has 1 unspecified atom stereocenters. The second-order valence-electron chi connectivity index (χ2n) is 3.35. The Balaban J connectivity index is 2.48. The first kappa shape index (κ1) is 11.8. The van der Waals surface area contributed by atoms with Gasteiger partial charge in [0, 0.05) is 28.4 Å². The third kappa shape index (κ3) is 3.87. The number of likely N-dealkylation sites (tertiary alicyclic amines) is 1. The summed E-state index contributed by atoms with van der Waals surface area (Å²) in [6.45, 7) is 4.19. The standard InChI is InChI=1S/C9H14ClNO2S/c1-2-11-7-3-5-9(11)6-4-8-14(10,12)13/h9H,2-3,5-7H2,1H3. The predicted molar refractivity (Wildman–Crippen MR) is 57.4 cm³/mol. The largest absolute Gasteiger partial charge is 0.300 e. The van der Waals surface area contributed by atoms with E-state index in [1.807, 2.05) is 0 Å². The summed E-state index contributed by atoms with van der Waals surface area (Å²) >= 11 is 0. The SMILES string of the molecule is CCN1CCCC1CC#CS(=O)(=O)Cl. The molecular weight excluding hydrogens is 222 g/mol. The van der Waals surface area contributed by atoms with E-state index in [-0.39, 0.29) is 0 Å². The molecule has 0 radical (unpaired) electrons. The molecule has 1 aliphatic rings. The summed E-state index contributed by atoms with van der Waals surface area (Å²) in [7, 11) is 1.33. The molecule has 3 nitrogen and oxygen atoms in total. The van der Waals surface area contributed by atoms with Gasteiger partial charge in [-0.1, -0.05) is 12.8 Å². The summed E-state index contributed by atoms with van der Waals surface area (Å²) in [4.78, 5) is 2.32.